The minimum absolute atomic E-state index is 0. The van der Waals surface area contributed by atoms with Crippen LogP contribution in [0.3, 0.4) is 0 Å². The number of halogens is 1. The van der Waals surface area contributed by atoms with Gasteiger partial charge < -0.3 is 19.4 Å². The molecule has 2 aromatic carbocycles. The van der Waals surface area contributed by atoms with Gasteiger partial charge in [-0.1, -0.05) is 42.5 Å². The summed E-state index contributed by atoms with van der Waals surface area (Å²) in [6.07, 6.45) is 3.38. The molecule has 224 valence electrons. The Kier molecular flexibility index (Phi) is 9.71. The Morgan fingerprint density at radius 3 is 2.22 bits per heavy atom. The SMILES string of the molecule is CC(C)OC(=O)N1CC(c2ccccc2)[C@@H](CN2CCC3(CC2)CCN(Cc2ccc(S(C)(=O)=O)cc2)C3=O)C1.Cl. The average molecular weight is 604 g/mol. The van der Waals surface area contributed by atoms with Gasteiger partial charge in [0.1, 0.15) is 0 Å². The zero-order valence-corrected chi connectivity index (χ0v) is 25.8. The van der Waals surface area contributed by atoms with Crippen LogP contribution in [0.5, 0.6) is 0 Å². The Labute approximate surface area is 250 Å². The van der Waals surface area contributed by atoms with Crippen molar-refractivity contribution in [2.75, 3.05) is 45.5 Å². The lowest BCUT2D eigenvalue weighted by molar-refractivity contribution is -0.139. The first-order valence-corrected chi connectivity index (χ1v) is 16.2. The highest BCUT2D eigenvalue weighted by Gasteiger charge is 2.48. The van der Waals surface area contributed by atoms with Crippen molar-refractivity contribution in [2.45, 2.75) is 56.6 Å². The highest BCUT2D eigenvalue weighted by atomic mass is 35.5. The van der Waals surface area contributed by atoms with Crippen molar-refractivity contribution in [3.05, 3.63) is 65.7 Å². The summed E-state index contributed by atoms with van der Waals surface area (Å²) in [6, 6.07) is 17.3. The quantitative estimate of drug-likeness (QED) is 0.460. The number of hydrogen-bond acceptors (Lipinski definition) is 6. The van der Waals surface area contributed by atoms with Gasteiger partial charge in [-0.2, -0.15) is 0 Å². The molecule has 0 aromatic heterocycles. The first-order valence-electron chi connectivity index (χ1n) is 14.4. The van der Waals surface area contributed by atoms with Crippen molar-refractivity contribution in [3.63, 3.8) is 0 Å². The second-order valence-electron chi connectivity index (χ2n) is 12.1. The first-order chi connectivity index (χ1) is 19.0. The molecule has 0 radical (unpaired) electrons. The minimum Gasteiger partial charge on any atom is -0.447 e. The number of sulfone groups is 1. The lowest BCUT2D eigenvalue weighted by Crippen LogP contribution is -2.46. The van der Waals surface area contributed by atoms with E-state index in [1.807, 2.05) is 41.8 Å². The van der Waals surface area contributed by atoms with Gasteiger partial charge in [-0.15, -0.1) is 12.4 Å². The summed E-state index contributed by atoms with van der Waals surface area (Å²) in [7, 11) is -3.24. The van der Waals surface area contributed by atoms with Gasteiger partial charge in [0.2, 0.25) is 5.91 Å². The largest absolute Gasteiger partial charge is 0.447 e. The van der Waals surface area contributed by atoms with Crippen LogP contribution in [-0.2, 0) is 25.9 Å². The molecule has 41 heavy (non-hydrogen) atoms. The highest BCUT2D eigenvalue weighted by molar-refractivity contribution is 7.90. The van der Waals surface area contributed by atoms with Crippen LogP contribution in [-0.4, -0.2) is 86.7 Å². The molecule has 3 aliphatic rings. The molecule has 1 unspecified atom stereocenters. The van der Waals surface area contributed by atoms with E-state index in [-0.39, 0.29) is 41.8 Å². The molecule has 3 saturated heterocycles. The van der Waals surface area contributed by atoms with Crippen LogP contribution in [0.2, 0.25) is 0 Å². The summed E-state index contributed by atoms with van der Waals surface area (Å²) in [6.45, 7) is 8.98. The van der Waals surface area contributed by atoms with E-state index in [0.717, 1.165) is 51.0 Å². The van der Waals surface area contributed by atoms with E-state index in [9.17, 15) is 18.0 Å². The number of ether oxygens (including phenoxy) is 1. The maximum atomic E-state index is 13.6. The normalized spacial score (nSPS) is 22.8. The van der Waals surface area contributed by atoms with E-state index < -0.39 is 9.84 Å². The van der Waals surface area contributed by atoms with Crippen molar-refractivity contribution in [1.82, 2.24) is 14.7 Å². The average Bonchev–Trinajstić information content (AvgIpc) is 3.47. The summed E-state index contributed by atoms with van der Waals surface area (Å²) in [4.78, 5) is 32.8. The second-order valence-corrected chi connectivity index (χ2v) is 14.1. The number of carbonyl (C=O) groups excluding carboxylic acids is 2. The number of likely N-dealkylation sites (tertiary alicyclic amines) is 3. The molecule has 3 aliphatic heterocycles. The zero-order chi connectivity index (χ0) is 28.5. The molecule has 0 saturated carbocycles. The third-order valence-electron chi connectivity index (χ3n) is 8.90. The topological polar surface area (TPSA) is 87.2 Å². The van der Waals surface area contributed by atoms with Crippen molar-refractivity contribution in [3.8, 4) is 0 Å². The van der Waals surface area contributed by atoms with Crippen LogP contribution in [0.1, 0.15) is 50.2 Å². The van der Waals surface area contributed by atoms with E-state index in [1.165, 1.54) is 11.8 Å². The fourth-order valence-electron chi connectivity index (χ4n) is 6.62. The zero-order valence-electron chi connectivity index (χ0n) is 24.2. The minimum atomic E-state index is -3.24. The molecule has 2 aromatic rings. The summed E-state index contributed by atoms with van der Waals surface area (Å²) in [5, 5.41) is 0. The fraction of sp³-hybridized carbons (Fsp3) is 0.548. The number of hydrogen-bond donors (Lipinski definition) is 0. The van der Waals surface area contributed by atoms with Gasteiger partial charge in [0.15, 0.2) is 9.84 Å². The van der Waals surface area contributed by atoms with Gasteiger partial charge in [-0.05, 0) is 75.4 Å². The van der Waals surface area contributed by atoms with E-state index >= 15 is 0 Å². The number of piperidine rings is 1. The molecule has 0 N–H and O–H groups in total. The molecule has 10 heteroatoms. The maximum absolute atomic E-state index is 13.6. The summed E-state index contributed by atoms with van der Waals surface area (Å²) in [5.41, 5.74) is 1.90. The molecule has 0 bridgehead atoms. The van der Waals surface area contributed by atoms with Crippen LogP contribution in [0, 0.1) is 11.3 Å². The number of rotatable bonds is 7. The van der Waals surface area contributed by atoms with Gasteiger partial charge in [0.05, 0.1) is 16.4 Å². The number of amides is 2. The maximum Gasteiger partial charge on any atom is 0.410 e. The number of nitrogens with zero attached hydrogens (tertiary/aromatic N) is 3. The molecular formula is C31H42ClN3O5S. The fourth-order valence-corrected chi connectivity index (χ4v) is 7.26. The first kappa shape index (κ1) is 31.3. The van der Waals surface area contributed by atoms with E-state index in [2.05, 4.69) is 29.2 Å². The molecule has 2 amide bonds. The van der Waals surface area contributed by atoms with Crippen LogP contribution in [0.15, 0.2) is 59.5 Å². The van der Waals surface area contributed by atoms with Crippen molar-refractivity contribution in [2.24, 2.45) is 11.3 Å². The highest BCUT2D eigenvalue weighted by Crippen LogP contribution is 2.43. The van der Waals surface area contributed by atoms with E-state index in [4.69, 9.17) is 4.74 Å². The van der Waals surface area contributed by atoms with E-state index in [0.29, 0.717) is 30.4 Å². The van der Waals surface area contributed by atoms with Gasteiger partial charge in [-0.25, -0.2) is 13.2 Å². The van der Waals surface area contributed by atoms with Crippen LogP contribution in [0.25, 0.3) is 0 Å². The molecule has 3 fully saturated rings. The molecule has 2 atom stereocenters. The van der Waals surface area contributed by atoms with Crippen LogP contribution < -0.4 is 0 Å². The smallest absolute Gasteiger partial charge is 0.410 e. The van der Waals surface area contributed by atoms with E-state index in [1.54, 1.807) is 12.1 Å². The molecule has 3 heterocycles. The lowest BCUT2D eigenvalue weighted by atomic mass is 9.76. The predicted molar refractivity (Wildman–Crippen MR) is 161 cm³/mol. The molecular weight excluding hydrogens is 562 g/mol. The lowest BCUT2D eigenvalue weighted by Gasteiger charge is -2.39. The Morgan fingerprint density at radius 1 is 0.976 bits per heavy atom. The van der Waals surface area contributed by atoms with Crippen molar-refractivity contribution in [1.29, 1.82) is 0 Å². The second kappa shape index (κ2) is 12.7. The standard InChI is InChI=1S/C31H41N3O5S.ClH/c1-23(2)39-30(36)34-21-26(28(22-34)25-7-5-4-6-8-25)20-32-16-13-31(14-17-32)15-18-33(29(31)35)19-24-9-11-27(12-10-24)40(3,37)38;/h4-12,23,26,28H,13-22H2,1-3H3;1H/t26-,28?;/m0./s1. The van der Waals surface area contributed by atoms with Gasteiger partial charge >= 0.3 is 6.09 Å². The third-order valence-corrected chi connectivity index (χ3v) is 10.0. The summed E-state index contributed by atoms with van der Waals surface area (Å²) < 4.78 is 29.0. The monoisotopic (exact) mass is 603 g/mol. The van der Waals surface area contributed by atoms with Gasteiger partial charge in [0.25, 0.3) is 0 Å². The Morgan fingerprint density at radius 2 is 1.61 bits per heavy atom. The molecule has 1 spiro atoms. The molecule has 8 nitrogen and oxygen atoms in total. The third kappa shape index (κ3) is 7.07. The molecule has 5 rings (SSSR count). The van der Waals surface area contributed by atoms with Crippen molar-refractivity contribution < 1.29 is 22.7 Å². The summed E-state index contributed by atoms with van der Waals surface area (Å²) in [5.74, 6) is 0.793. The van der Waals surface area contributed by atoms with Gasteiger partial charge in [0, 0.05) is 44.9 Å². The molecule has 0 aliphatic carbocycles. The van der Waals surface area contributed by atoms with Crippen LogP contribution in [0.4, 0.5) is 4.79 Å². The van der Waals surface area contributed by atoms with Crippen molar-refractivity contribution >= 4 is 34.2 Å². The Balaban J connectivity index is 0.00000387. The Bertz CT molecular complexity index is 1310. The van der Waals surface area contributed by atoms with Gasteiger partial charge in [-0.3, -0.25) is 4.79 Å². The number of benzene rings is 2. The number of carbonyl (C=O) groups is 2. The van der Waals surface area contributed by atoms with Crippen LogP contribution >= 0.6 is 12.4 Å². The predicted octanol–water partition coefficient (Wildman–Crippen LogP) is 4.59. The Hall–Kier alpha value is -2.62. The summed E-state index contributed by atoms with van der Waals surface area (Å²) >= 11 is 0.